The van der Waals surface area contributed by atoms with Crippen LogP contribution in [-0.4, -0.2) is 24.0 Å². The standard InChI is InChI=1S/C22H43N/c1-5-6-7-8-9-10-11-12-13-14-15-23-19-22(4)17-20(23)16-21(2,3)18-22/h20H,5-19H2,1-4H3. The van der Waals surface area contributed by atoms with Gasteiger partial charge in [0, 0.05) is 12.6 Å². The number of unbranched alkanes of at least 4 members (excludes halogenated alkanes) is 9. The topological polar surface area (TPSA) is 3.24 Å². The van der Waals surface area contributed by atoms with Crippen molar-refractivity contribution in [3.63, 3.8) is 0 Å². The van der Waals surface area contributed by atoms with Gasteiger partial charge in [0.15, 0.2) is 0 Å². The molecule has 0 aromatic rings. The molecule has 1 heterocycles. The predicted molar refractivity (Wildman–Crippen MR) is 103 cm³/mol. The molecule has 1 nitrogen and oxygen atoms in total. The van der Waals surface area contributed by atoms with E-state index in [1.54, 1.807) is 0 Å². The molecule has 2 unspecified atom stereocenters. The van der Waals surface area contributed by atoms with Gasteiger partial charge in [-0.3, -0.25) is 4.90 Å². The molecule has 2 atom stereocenters. The molecule has 136 valence electrons. The second kappa shape index (κ2) is 8.88. The van der Waals surface area contributed by atoms with Crippen molar-refractivity contribution >= 4 is 0 Å². The van der Waals surface area contributed by atoms with Gasteiger partial charge in [0.1, 0.15) is 0 Å². The summed E-state index contributed by atoms with van der Waals surface area (Å²) >= 11 is 0. The van der Waals surface area contributed by atoms with E-state index in [1.165, 1.54) is 96.6 Å². The third-order valence-corrected chi connectivity index (χ3v) is 6.32. The first kappa shape index (κ1) is 19.3. The van der Waals surface area contributed by atoms with E-state index in [2.05, 4.69) is 32.6 Å². The Morgan fingerprint density at radius 2 is 1.35 bits per heavy atom. The van der Waals surface area contributed by atoms with E-state index >= 15 is 0 Å². The molecule has 0 amide bonds. The molecule has 1 saturated heterocycles. The maximum absolute atomic E-state index is 2.85. The van der Waals surface area contributed by atoms with Crippen molar-refractivity contribution in [3.8, 4) is 0 Å². The van der Waals surface area contributed by atoms with Crippen molar-refractivity contribution in [1.82, 2.24) is 4.90 Å². The highest BCUT2D eigenvalue weighted by Gasteiger charge is 2.49. The van der Waals surface area contributed by atoms with Gasteiger partial charge in [-0.1, -0.05) is 85.5 Å². The average Bonchev–Trinajstić information content (AvgIpc) is 2.69. The van der Waals surface area contributed by atoms with Gasteiger partial charge in [-0.25, -0.2) is 0 Å². The van der Waals surface area contributed by atoms with E-state index in [0.717, 1.165) is 6.04 Å². The molecule has 2 bridgehead atoms. The molecule has 0 aromatic carbocycles. The number of fused-ring (bicyclic) bond motifs is 2. The third kappa shape index (κ3) is 6.40. The molecule has 0 radical (unpaired) electrons. The Kier molecular flexibility index (Phi) is 7.45. The van der Waals surface area contributed by atoms with Crippen LogP contribution in [0.3, 0.4) is 0 Å². The number of nitrogens with zero attached hydrogens (tertiary/aromatic N) is 1. The average molecular weight is 322 g/mol. The lowest BCUT2D eigenvalue weighted by Crippen LogP contribution is -2.35. The van der Waals surface area contributed by atoms with Gasteiger partial charge in [-0.05, 0) is 43.1 Å². The summed E-state index contributed by atoms with van der Waals surface area (Å²) in [5, 5.41) is 0. The van der Waals surface area contributed by atoms with Crippen LogP contribution in [0.15, 0.2) is 0 Å². The van der Waals surface area contributed by atoms with Crippen LogP contribution in [-0.2, 0) is 0 Å². The zero-order valence-electron chi connectivity index (χ0n) is 16.6. The van der Waals surface area contributed by atoms with Gasteiger partial charge in [-0.15, -0.1) is 0 Å². The lowest BCUT2D eigenvalue weighted by Gasteiger charge is -2.40. The Bertz CT molecular complexity index is 335. The molecule has 23 heavy (non-hydrogen) atoms. The Morgan fingerprint density at radius 1 is 0.783 bits per heavy atom. The number of rotatable bonds is 11. The van der Waals surface area contributed by atoms with Crippen LogP contribution in [0.25, 0.3) is 0 Å². The number of hydrogen-bond acceptors (Lipinski definition) is 1. The summed E-state index contributed by atoms with van der Waals surface area (Å²) in [6.07, 6.45) is 18.8. The van der Waals surface area contributed by atoms with E-state index in [0.29, 0.717) is 10.8 Å². The fourth-order valence-electron chi connectivity index (χ4n) is 5.64. The lowest BCUT2D eigenvalue weighted by molar-refractivity contribution is 0.127. The fraction of sp³-hybridized carbons (Fsp3) is 1.00. The summed E-state index contributed by atoms with van der Waals surface area (Å²) in [4.78, 5) is 2.85. The molecule has 2 fully saturated rings. The largest absolute Gasteiger partial charge is 0.300 e. The normalized spacial score (nSPS) is 30.0. The highest BCUT2D eigenvalue weighted by atomic mass is 15.2. The summed E-state index contributed by atoms with van der Waals surface area (Å²) in [7, 11) is 0. The molecule has 1 saturated carbocycles. The van der Waals surface area contributed by atoms with Crippen LogP contribution < -0.4 is 0 Å². The first-order valence-corrected chi connectivity index (χ1v) is 10.7. The Balaban J connectivity index is 1.51. The third-order valence-electron chi connectivity index (χ3n) is 6.32. The summed E-state index contributed by atoms with van der Waals surface area (Å²) in [6, 6.07) is 0.891. The van der Waals surface area contributed by atoms with E-state index in [-0.39, 0.29) is 0 Å². The lowest BCUT2D eigenvalue weighted by atomic mass is 9.65. The van der Waals surface area contributed by atoms with Gasteiger partial charge in [0.25, 0.3) is 0 Å². The van der Waals surface area contributed by atoms with Crippen LogP contribution in [0.1, 0.15) is 111 Å². The van der Waals surface area contributed by atoms with Crippen molar-refractivity contribution < 1.29 is 0 Å². The van der Waals surface area contributed by atoms with Crippen molar-refractivity contribution in [2.75, 3.05) is 13.1 Å². The van der Waals surface area contributed by atoms with Crippen LogP contribution >= 0.6 is 0 Å². The van der Waals surface area contributed by atoms with E-state index in [9.17, 15) is 0 Å². The minimum Gasteiger partial charge on any atom is -0.300 e. The van der Waals surface area contributed by atoms with Crippen molar-refractivity contribution in [3.05, 3.63) is 0 Å². The molecule has 0 aromatic heterocycles. The first-order chi connectivity index (χ1) is 10.9. The van der Waals surface area contributed by atoms with Crippen molar-refractivity contribution in [1.29, 1.82) is 0 Å². The van der Waals surface area contributed by atoms with Crippen molar-refractivity contribution in [2.45, 2.75) is 117 Å². The van der Waals surface area contributed by atoms with E-state index in [4.69, 9.17) is 0 Å². The van der Waals surface area contributed by atoms with Gasteiger partial charge in [0.05, 0.1) is 0 Å². The SMILES string of the molecule is CCCCCCCCCCCCN1CC2(C)CC1CC(C)(C)C2. The van der Waals surface area contributed by atoms with Crippen LogP contribution in [0.5, 0.6) is 0 Å². The molecule has 1 aliphatic carbocycles. The summed E-state index contributed by atoms with van der Waals surface area (Å²) < 4.78 is 0. The number of hydrogen-bond donors (Lipinski definition) is 0. The second-order valence-corrected chi connectivity index (χ2v) is 9.87. The van der Waals surface area contributed by atoms with Crippen LogP contribution in [0.2, 0.25) is 0 Å². The monoisotopic (exact) mass is 321 g/mol. The molecule has 1 heteroatoms. The predicted octanol–water partition coefficient (Wildman–Crippen LogP) is 6.81. The smallest absolute Gasteiger partial charge is 0.0106 e. The van der Waals surface area contributed by atoms with Gasteiger partial charge in [0.2, 0.25) is 0 Å². The Hall–Kier alpha value is -0.0400. The zero-order chi connectivity index (χ0) is 16.8. The highest BCUT2D eigenvalue weighted by Crippen LogP contribution is 2.52. The molecular formula is C22H43N. The van der Waals surface area contributed by atoms with Gasteiger partial charge in [-0.2, -0.15) is 0 Å². The molecule has 0 N–H and O–H groups in total. The molecular weight excluding hydrogens is 278 g/mol. The molecule has 1 aliphatic heterocycles. The Labute approximate surface area is 146 Å². The minimum absolute atomic E-state index is 0.574. The summed E-state index contributed by atoms with van der Waals surface area (Å²) in [5.41, 5.74) is 1.19. The van der Waals surface area contributed by atoms with Crippen LogP contribution in [0.4, 0.5) is 0 Å². The van der Waals surface area contributed by atoms with Crippen LogP contribution in [0, 0.1) is 10.8 Å². The maximum Gasteiger partial charge on any atom is 0.0106 e. The highest BCUT2D eigenvalue weighted by molar-refractivity contribution is 5.02. The minimum atomic E-state index is 0.574. The first-order valence-electron chi connectivity index (χ1n) is 10.7. The molecule has 0 spiro atoms. The van der Waals surface area contributed by atoms with E-state index < -0.39 is 0 Å². The quantitative estimate of drug-likeness (QED) is 0.378. The molecule has 2 rings (SSSR count). The van der Waals surface area contributed by atoms with E-state index in [1.807, 2.05) is 0 Å². The second-order valence-electron chi connectivity index (χ2n) is 9.87. The van der Waals surface area contributed by atoms with Gasteiger partial charge >= 0.3 is 0 Å². The maximum atomic E-state index is 2.85. The zero-order valence-corrected chi connectivity index (χ0v) is 16.6. The fourth-order valence-corrected chi connectivity index (χ4v) is 5.64. The van der Waals surface area contributed by atoms with Crippen molar-refractivity contribution in [2.24, 2.45) is 10.8 Å². The summed E-state index contributed by atoms with van der Waals surface area (Å²) in [5.74, 6) is 0. The molecule has 2 aliphatic rings. The Morgan fingerprint density at radius 3 is 1.96 bits per heavy atom. The number of likely N-dealkylation sites (tertiary alicyclic amines) is 1. The summed E-state index contributed by atoms with van der Waals surface area (Å²) in [6.45, 7) is 12.6. The van der Waals surface area contributed by atoms with Gasteiger partial charge < -0.3 is 0 Å².